The third-order valence-corrected chi connectivity index (χ3v) is 3.67. The molecular formula is C15H23NO2. The van der Waals surface area contributed by atoms with Crippen LogP contribution >= 0.6 is 0 Å². The molecule has 2 rings (SSSR count). The van der Waals surface area contributed by atoms with Gasteiger partial charge in [0.25, 0.3) is 0 Å². The van der Waals surface area contributed by atoms with E-state index in [2.05, 4.69) is 17.4 Å². The summed E-state index contributed by atoms with van der Waals surface area (Å²) in [5.41, 5.74) is 1.24. The lowest BCUT2D eigenvalue weighted by molar-refractivity contribution is -0.00595. The van der Waals surface area contributed by atoms with E-state index in [1.165, 1.54) is 18.4 Å². The highest BCUT2D eigenvalue weighted by Gasteiger charge is 2.24. The average Bonchev–Trinajstić information content (AvgIpc) is 2.46. The molecule has 1 saturated heterocycles. The van der Waals surface area contributed by atoms with Gasteiger partial charge in [0.2, 0.25) is 0 Å². The molecule has 0 amide bonds. The number of hydrogen-bond donors (Lipinski definition) is 1. The van der Waals surface area contributed by atoms with Gasteiger partial charge in [-0.3, -0.25) is 0 Å². The van der Waals surface area contributed by atoms with Crippen LogP contribution in [0, 0.1) is 0 Å². The van der Waals surface area contributed by atoms with Crippen LogP contribution in [0.3, 0.4) is 0 Å². The Kier molecular flexibility index (Phi) is 5.02. The molecule has 0 saturated carbocycles. The van der Waals surface area contributed by atoms with E-state index >= 15 is 0 Å². The van der Waals surface area contributed by atoms with E-state index in [4.69, 9.17) is 9.47 Å². The number of likely N-dealkylation sites (N-methyl/N-ethyl adjacent to an activating group) is 1. The lowest BCUT2D eigenvalue weighted by Gasteiger charge is -2.30. The third-order valence-electron chi connectivity index (χ3n) is 3.67. The van der Waals surface area contributed by atoms with Crippen molar-refractivity contribution in [2.24, 2.45) is 0 Å². The van der Waals surface area contributed by atoms with E-state index in [0.717, 1.165) is 25.2 Å². The van der Waals surface area contributed by atoms with Crippen LogP contribution in [0.5, 0.6) is 5.75 Å². The van der Waals surface area contributed by atoms with Gasteiger partial charge in [-0.15, -0.1) is 0 Å². The molecule has 3 heteroatoms. The summed E-state index contributed by atoms with van der Waals surface area (Å²) in [6.45, 7) is 0.898. The first-order valence-corrected chi connectivity index (χ1v) is 6.76. The van der Waals surface area contributed by atoms with Crippen molar-refractivity contribution in [3.63, 3.8) is 0 Å². The first-order chi connectivity index (χ1) is 8.85. The lowest BCUT2D eigenvalue weighted by atomic mass is 9.96. The van der Waals surface area contributed by atoms with Crippen LogP contribution in [0.25, 0.3) is 0 Å². The standard InChI is InChI=1S/C15H23NO2/c1-16-13(15-9-5-6-10-18-15)11-12-7-3-4-8-14(12)17-2/h3-4,7-8,13,15-16H,5-6,9-11H2,1-2H3. The van der Waals surface area contributed by atoms with Crippen molar-refractivity contribution < 1.29 is 9.47 Å². The minimum Gasteiger partial charge on any atom is -0.496 e. The van der Waals surface area contributed by atoms with Crippen molar-refractivity contribution in [3.8, 4) is 5.75 Å². The van der Waals surface area contributed by atoms with Crippen LogP contribution in [0.15, 0.2) is 24.3 Å². The maximum Gasteiger partial charge on any atom is 0.122 e. The molecule has 0 aliphatic carbocycles. The summed E-state index contributed by atoms with van der Waals surface area (Å²) in [5.74, 6) is 0.966. The number of para-hydroxylation sites is 1. The van der Waals surface area contributed by atoms with E-state index in [9.17, 15) is 0 Å². The number of benzene rings is 1. The molecule has 2 atom stereocenters. The highest BCUT2D eigenvalue weighted by molar-refractivity contribution is 5.34. The molecule has 0 bridgehead atoms. The van der Waals surface area contributed by atoms with Gasteiger partial charge < -0.3 is 14.8 Å². The van der Waals surface area contributed by atoms with Gasteiger partial charge >= 0.3 is 0 Å². The van der Waals surface area contributed by atoms with E-state index in [1.807, 2.05) is 19.2 Å². The second-order valence-electron chi connectivity index (χ2n) is 4.82. The zero-order valence-electron chi connectivity index (χ0n) is 11.3. The van der Waals surface area contributed by atoms with E-state index in [0.29, 0.717) is 12.1 Å². The average molecular weight is 249 g/mol. The molecular weight excluding hydrogens is 226 g/mol. The zero-order valence-corrected chi connectivity index (χ0v) is 11.3. The predicted octanol–water partition coefficient (Wildman–Crippen LogP) is 2.39. The Morgan fingerprint density at radius 3 is 2.89 bits per heavy atom. The molecule has 1 heterocycles. The Hall–Kier alpha value is -1.06. The summed E-state index contributed by atoms with van der Waals surface area (Å²) in [4.78, 5) is 0. The maximum absolute atomic E-state index is 5.87. The second-order valence-corrected chi connectivity index (χ2v) is 4.82. The van der Waals surface area contributed by atoms with Crippen molar-refractivity contribution in [1.82, 2.24) is 5.32 Å². The van der Waals surface area contributed by atoms with Crippen molar-refractivity contribution in [3.05, 3.63) is 29.8 Å². The van der Waals surface area contributed by atoms with Gasteiger partial charge in [0, 0.05) is 12.6 Å². The second kappa shape index (κ2) is 6.76. The Balaban J connectivity index is 2.04. The minimum atomic E-state index is 0.327. The van der Waals surface area contributed by atoms with E-state index in [1.54, 1.807) is 7.11 Å². The molecule has 3 nitrogen and oxygen atoms in total. The highest BCUT2D eigenvalue weighted by atomic mass is 16.5. The molecule has 1 aliphatic heterocycles. The molecule has 1 aromatic carbocycles. The number of rotatable bonds is 5. The monoisotopic (exact) mass is 249 g/mol. The van der Waals surface area contributed by atoms with Gasteiger partial charge in [0.05, 0.1) is 13.2 Å². The zero-order chi connectivity index (χ0) is 12.8. The van der Waals surface area contributed by atoms with Crippen molar-refractivity contribution in [2.45, 2.75) is 37.8 Å². The quantitative estimate of drug-likeness (QED) is 0.869. The maximum atomic E-state index is 5.87. The molecule has 0 aromatic heterocycles. The van der Waals surface area contributed by atoms with Crippen LogP contribution in [-0.2, 0) is 11.2 Å². The molecule has 1 fully saturated rings. The van der Waals surface area contributed by atoms with Crippen molar-refractivity contribution >= 4 is 0 Å². The lowest BCUT2D eigenvalue weighted by Crippen LogP contribution is -2.42. The molecule has 0 radical (unpaired) electrons. The summed E-state index contributed by atoms with van der Waals surface area (Å²) in [6, 6.07) is 8.58. The largest absolute Gasteiger partial charge is 0.496 e. The summed E-state index contributed by atoms with van der Waals surface area (Å²) >= 11 is 0. The SMILES string of the molecule is CNC(Cc1ccccc1OC)C1CCCCO1. The number of hydrogen-bond acceptors (Lipinski definition) is 3. The molecule has 1 N–H and O–H groups in total. The van der Waals surface area contributed by atoms with Gasteiger partial charge in [-0.05, 0) is 44.4 Å². The fourth-order valence-corrected chi connectivity index (χ4v) is 2.61. The van der Waals surface area contributed by atoms with Crippen LogP contribution in [0.4, 0.5) is 0 Å². The van der Waals surface area contributed by atoms with E-state index < -0.39 is 0 Å². The van der Waals surface area contributed by atoms with E-state index in [-0.39, 0.29) is 0 Å². The first kappa shape index (κ1) is 13.4. The topological polar surface area (TPSA) is 30.5 Å². The first-order valence-electron chi connectivity index (χ1n) is 6.76. The Bertz CT molecular complexity index is 361. The van der Waals surface area contributed by atoms with Crippen LogP contribution < -0.4 is 10.1 Å². The Labute approximate surface area is 109 Å². The number of nitrogens with one attached hydrogen (secondary N) is 1. The smallest absolute Gasteiger partial charge is 0.122 e. The van der Waals surface area contributed by atoms with Crippen LogP contribution in [0.2, 0.25) is 0 Å². The molecule has 18 heavy (non-hydrogen) atoms. The molecule has 100 valence electrons. The normalized spacial score (nSPS) is 21.6. The van der Waals surface area contributed by atoms with Gasteiger partial charge in [-0.25, -0.2) is 0 Å². The van der Waals surface area contributed by atoms with Gasteiger partial charge in [-0.1, -0.05) is 18.2 Å². The third kappa shape index (κ3) is 3.24. The summed E-state index contributed by atoms with van der Waals surface area (Å²) in [6.07, 6.45) is 4.90. The fraction of sp³-hybridized carbons (Fsp3) is 0.600. The van der Waals surface area contributed by atoms with Crippen molar-refractivity contribution in [1.29, 1.82) is 0 Å². The summed E-state index contributed by atoms with van der Waals surface area (Å²) < 4.78 is 11.3. The molecule has 2 unspecified atom stereocenters. The van der Waals surface area contributed by atoms with Gasteiger partial charge in [0.15, 0.2) is 0 Å². The van der Waals surface area contributed by atoms with Crippen LogP contribution in [0.1, 0.15) is 24.8 Å². The summed E-state index contributed by atoms with van der Waals surface area (Å²) in [7, 11) is 3.74. The fourth-order valence-electron chi connectivity index (χ4n) is 2.61. The molecule has 1 aromatic rings. The van der Waals surface area contributed by atoms with Crippen molar-refractivity contribution in [2.75, 3.05) is 20.8 Å². The minimum absolute atomic E-state index is 0.327. The van der Waals surface area contributed by atoms with Gasteiger partial charge in [0.1, 0.15) is 5.75 Å². The Morgan fingerprint density at radius 1 is 1.39 bits per heavy atom. The number of methoxy groups -OCH3 is 1. The Morgan fingerprint density at radius 2 is 2.22 bits per heavy atom. The molecule has 1 aliphatic rings. The van der Waals surface area contributed by atoms with Crippen LogP contribution in [-0.4, -0.2) is 32.9 Å². The summed E-state index contributed by atoms with van der Waals surface area (Å²) in [5, 5.41) is 3.39. The molecule has 0 spiro atoms. The van der Waals surface area contributed by atoms with Gasteiger partial charge in [-0.2, -0.15) is 0 Å². The number of ether oxygens (including phenoxy) is 2. The predicted molar refractivity (Wildman–Crippen MR) is 73.1 cm³/mol. The highest BCUT2D eigenvalue weighted by Crippen LogP contribution is 2.23.